The monoisotopic (exact) mass is 299 g/mol. The van der Waals surface area contributed by atoms with Crippen LogP contribution in [0, 0.1) is 0 Å². The molecule has 8 nitrogen and oxygen atoms in total. The molecule has 0 atom stereocenters. The molecule has 2 heterocycles. The van der Waals surface area contributed by atoms with Gasteiger partial charge in [0.2, 0.25) is 10.0 Å². The van der Waals surface area contributed by atoms with Gasteiger partial charge in [-0.15, -0.1) is 0 Å². The van der Waals surface area contributed by atoms with Crippen molar-refractivity contribution in [1.29, 1.82) is 0 Å². The zero-order chi connectivity index (χ0) is 14.9. The average Bonchev–Trinajstić information content (AvgIpc) is 2.38. The third-order valence-corrected chi connectivity index (χ3v) is 4.18. The van der Waals surface area contributed by atoms with E-state index in [1.807, 2.05) is 0 Å². The van der Waals surface area contributed by atoms with Gasteiger partial charge in [-0.1, -0.05) is 0 Å². The Morgan fingerprint density at radius 1 is 1.40 bits per heavy atom. The van der Waals surface area contributed by atoms with Crippen molar-refractivity contribution in [3.8, 4) is 0 Å². The van der Waals surface area contributed by atoms with Crippen LogP contribution in [0.1, 0.15) is 16.9 Å². The third-order valence-electron chi connectivity index (χ3n) is 2.91. The first-order chi connectivity index (χ1) is 9.29. The van der Waals surface area contributed by atoms with Crippen molar-refractivity contribution in [1.82, 2.24) is 14.1 Å². The Hall–Kier alpha value is -2.00. The molecule has 0 radical (unpaired) electrons. The quantitative estimate of drug-likeness (QED) is 0.801. The van der Waals surface area contributed by atoms with Crippen molar-refractivity contribution in [2.24, 2.45) is 0 Å². The van der Waals surface area contributed by atoms with Gasteiger partial charge in [-0.05, 0) is 12.1 Å². The Kier molecular flexibility index (Phi) is 3.73. The van der Waals surface area contributed by atoms with Crippen LogP contribution in [0.2, 0.25) is 0 Å². The standard InChI is InChI=1S/C11H13N3O5S/c1-20(18,19)13-6-4-8(5-7-13)14-10(15)3-2-9(12-14)11(16)17/h2-4H,5-7H2,1H3,(H,16,17). The van der Waals surface area contributed by atoms with Crippen molar-refractivity contribution < 1.29 is 18.3 Å². The molecular weight excluding hydrogens is 286 g/mol. The van der Waals surface area contributed by atoms with E-state index in [4.69, 9.17) is 5.11 Å². The molecule has 0 spiro atoms. The second kappa shape index (κ2) is 5.17. The third kappa shape index (κ3) is 2.94. The van der Waals surface area contributed by atoms with E-state index in [1.165, 1.54) is 4.31 Å². The SMILES string of the molecule is CS(=O)(=O)N1CC=C(n2nc(C(=O)O)ccc2=O)CC1. The largest absolute Gasteiger partial charge is 0.476 e. The van der Waals surface area contributed by atoms with Crippen molar-refractivity contribution >= 4 is 21.7 Å². The summed E-state index contributed by atoms with van der Waals surface area (Å²) in [6, 6.07) is 2.26. The minimum Gasteiger partial charge on any atom is -0.476 e. The predicted octanol–water partition coefficient (Wildman–Crippen LogP) is -0.552. The zero-order valence-electron chi connectivity index (χ0n) is 10.7. The van der Waals surface area contributed by atoms with Gasteiger partial charge in [0, 0.05) is 31.3 Å². The molecule has 1 N–H and O–H groups in total. The first kappa shape index (κ1) is 14.4. The minimum absolute atomic E-state index is 0.138. The molecule has 9 heteroatoms. The highest BCUT2D eigenvalue weighted by atomic mass is 32.2. The van der Waals surface area contributed by atoms with Gasteiger partial charge >= 0.3 is 5.97 Å². The van der Waals surface area contributed by atoms with Crippen molar-refractivity contribution in [3.63, 3.8) is 0 Å². The van der Waals surface area contributed by atoms with Crippen molar-refractivity contribution in [2.45, 2.75) is 6.42 Å². The van der Waals surface area contributed by atoms with E-state index in [1.54, 1.807) is 6.08 Å². The molecule has 0 bridgehead atoms. The summed E-state index contributed by atoms with van der Waals surface area (Å²) in [5.41, 5.74) is -0.192. The lowest BCUT2D eigenvalue weighted by Gasteiger charge is -2.24. The first-order valence-corrected chi connectivity index (χ1v) is 7.62. The second-order valence-corrected chi connectivity index (χ2v) is 6.32. The van der Waals surface area contributed by atoms with E-state index in [-0.39, 0.29) is 18.8 Å². The number of rotatable bonds is 3. The number of carboxylic acid groups (broad SMARTS) is 1. The molecule has 0 saturated carbocycles. The number of hydrogen-bond donors (Lipinski definition) is 1. The summed E-state index contributed by atoms with van der Waals surface area (Å²) in [5, 5.41) is 12.6. The number of sulfonamides is 1. The number of carbonyl (C=O) groups is 1. The zero-order valence-corrected chi connectivity index (χ0v) is 11.5. The molecule has 0 aromatic carbocycles. The second-order valence-electron chi connectivity index (χ2n) is 4.34. The highest BCUT2D eigenvalue weighted by Gasteiger charge is 2.21. The molecule has 0 unspecified atom stereocenters. The van der Waals surface area contributed by atoms with Gasteiger partial charge in [0.1, 0.15) is 0 Å². The number of nitrogens with zero attached hydrogens (tertiary/aromatic N) is 3. The Morgan fingerprint density at radius 3 is 2.60 bits per heavy atom. The molecule has 1 aliphatic heterocycles. The molecule has 108 valence electrons. The van der Waals surface area contributed by atoms with Crippen LogP contribution in [0.3, 0.4) is 0 Å². The van der Waals surface area contributed by atoms with E-state index in [0.717, 1.165) is 23.1 Å². The molecule has 0 fully saturated rings. The van der Waals surface area contributed by atoms with Gasteiger partial charge in [0.15, 0.2) is 5.69 Å². The highest BCUT2D eigenvalue weighted by Crippen LogP contribution is 2.15. The first-order valence-electron chi connectivity index (χ1n) is 5.77. The van der Waals surface area contributed by atoms with E-state index in [2.05, 4.69) is 5.10 Å². The Labute approximate surface area is 115 Å². The molecule has 1 aromatic rings. The molecule has 1 aliphatic rings. The van der Waals surface area contributed by atoms with E-state index >= 15 is 0 Å². The Balaban J connectivity index is 2.35. The van der Waals surface area contributed by atoms with Gasteiger partial charge in [-0.2, -0.15) is 9.40 Å². The normalized spacial score (nSPS) is 16.8. The van der Waals surface area contributed by atoms with Gasteiger partial charge in [0.05, 0.1) is 6.26 Å². The summed E-state index contributed by atoms with van der Waals surface area (Å²) in [5.74, 6) is -1.23. The Morgan fingerprint density at radius 2 is 2.10 bits per heavy atom. The summed E-state index contributed by atoms with van der Waals surface area (Å²) >= 11 is 0. The highest BCUT2D eigenvalue weighted by molar-refractivity contribution is 7.88. The van der Waals surface area contributed by atoms with Gasteiger partial charge in [0.25, 0.3) is 5.56 Å². The van der Waals surface area contributed by atoms with Crippen molar-refractivity contribution in [2.75, 3.05) is 19.3 Å². The van der Waals surface area contributed by atoms with E-state index in [9.17, 15) is 18.0 Å². The number of hydrogen-bond acceptors (Lipinski definition) is 5. The molecular formula is C11H13N3O5S. The summed E-state index contributed by atoms with van der Waals surface area (Å²) in [6.07, 6.45) is 2.97. The van der Waals surface area contributed by atoms with E-state index < -0.39 is 21.6 Å². The maximum absolute atomic E-state index is 11.7. The van der Waals surface area contributed by atoms with Crippen LogP contribution in [0.5, 0.6) is 0 Å². The van der Waals surface area contributed by atoms with Crippen LogP contribution >= 0.6 is 0 Å². The van der Waals surface area contributed by atoms with Crippen LogP contribution in [0.25, 0.3) is 5.70 Å². The molecule has 0 saturated heterocycles. The molecule has 0 amide bonds. The summed E-state index contributed by atoms with van der Waals surface area (Å²) < 4.78 is 25.0. The number of aromatic carboxylic acids is 1. The Bertz CT molecular complexity index is 735. The fourth-order valence-electron chi connectivity index (χ4n) is 1.86. The molecule has 2 rings (SSSR count). The smallest absolute Gasteiger partial charge is 0.356 e. The summed E-state index contributed by atoms with van der Waals surface area (Å²) in [6.45, 7) is 0.371. The van der Waals surface area contributed by atoms with Gasteiger partial charge < -0.3 is 5.11 Å². The lowest BCUT2D eigenvalue weighted by atomic mass is 10.2. The van der Waals surface area contributed by atoms with Crippen molar-refractivity contribution in [3.05, 3.63) is 34.3 Å². The van der Waals surface area contributed by atoms with Crippen LogP contribution in [0.4, 0.5) is 0 Å². The maximum Gasteiger partial charge on any atom is 0.356 e. The fraction of sp³-hybridized carbons (Fsp3) is 0.364. The fourth-order valence-corrected chi connectivity index (χ4v) is 2.63. The lowest BCUT2D eigenvalue weighted by Crippen LogP contribution is -2.36. The summed E-state index contributed by atoms with van der Waals surface area (Å²) in [4.78, 5) is 22.6. The average molecular weight is 299 g/mol. The molecule has 20 heavy (non-hydrogen) atoms. The maximum atomic E-state index is 11.7. The number of carboxylic acids is 1. The van der Waals surface area contributed by atoms with Crippen LogP contribution in [0.15, 0.2) is 23.0 Å². The molecule has 0 aliphatic carbocycles. The minimum atomic E-state index is -3.28. The molecule has 1 aromatic heterocycles. The topological polar surface area (TPSA) is 110 Å². The van der Waals surface area contributed by atoms with Gasteiger partial charge in [-0.3, -0.25) is 4.79 Å². The number of aromatic nitrogens is 2. The van der Waals surface area contributed by atoms with Gasteiger partial charge in [-0.25, -0.2) is 17.9 Å². The summed E-state index contributed by atoms with van der Waals surface area (Å²) in [7, 11) is -3.28. The van der Waals surface area contributed by atoms with Crippen LogP contribution in [-0.4, -0.2) is 52.9 Å². The van der Waals surface area contributed by atoms with Crippen LogP contribution < -0.4 is 5.56 Å². The predicted molar refractivity (Wildman–Crippen MR) is 70.8 cm³/mol. The van der Waals surface area contributed by atoms with E-state index in [0.29, 0.717) is 12.1 Å². The lowest BCUT2D eigenvalue weighted by molar-refractivity contribution is 0.0688. The van der Waals surface area contributed by atoms with Crippen LogP contribution in [-0.2, 0) is 10.0 Å².